The summed E-state index contributed by atoms with van der Waals surface area (Å²) in [6.45, 7) is 2.03. The van der Waals surface area contributed by atoms with Gasteiger partial charge in [-0.1, -0.05) is 71.8 Å². The summed E-state index contributed by atoms with van der Waals surface area (Å²) in [6, 6.07) is 27.3. The second kappa shape index (κ2) is 8.24. The van der Waals surface area contributed by atoms with Gasteiger partial charge in [0.2, 0.25) is 0 Å². The first-order valence-electron chi connectivity index (χ1n) is 10.1. The van der Waals surface area contributed by atoms with E-state index in [2.05, 4.69) is 15.3 Å². The number of nitrogens with zero attached hydrogens (tertiary/aromatic N) is 5. The van der Waals surface area contributed by atoms with E-state index in [1.54, 1.807) is 4.52 Å². The van der Waals surface area contributed by atoms with Crippen molar-refractivity contribution in [3.8, 4) is 22.5 Å². The molecule has 0 spiro atoms. The maximum absolute atomic E-state index is 6.25. The molecule has 0 unspecified atom stereocenters. The molecule has 0 saturated heterocycles. The zero-order valence-corrected chi connectivity index (χ0v) is 18.0. The fourth-order valence-corrected chi connectivity index (χ4v) is 3.55. The molecule has 0 aliphatic rings. The van der Waals surface area contributed by atoms with E-state index < -0.39 is 0 Å². The summed E-state index contributed by atoms with van der Waals surface area (Å²) in [5.74, 6) is 0.258. The number of aromatic nitrogens is 3. The Morgan fingerprint density at radius 1 is 0.844 bits per heavy atom. The van der Waals surface area contributed by atoms with Gasteiger partial charge in [-0.15, -0.1) is 10.2 Å². The molecule has 5 aromatic rings. The van der Waals surface area contributed by atoms with E-state index in [0.717, 1.165) is 33.8 Å². The van der Waals surface area contributed by atoms with Crippen molar-refractivity contribution in [1.29, 1.82) is 0 Å². The van der Waals surface area contributed by atoms with Gasteiger partial charge in [-0.25, -0.2) is 9.50 Å². The molecule has 0 atom stereocenters. The number of hydrogen-bond donors (Lipinski definition) is 1. The SMILES string of the molecule is Cc1ccc(N=Nc2c(N)nn3c(-c4ccc(Cl)cc4)cc(-c4ccccc4)nc23)cc1. The van der Waals surface area contributed by atoms with Gasteiger partial charge in [-0.2, -0.15) is 5.11 Å². The van der Waals surface area contributed by atoms with Crippen LogP contribution in [0.25, 0.3) is 28.2 Å². The first-order chi connectivity index (χ1) is 15.6. The Balaban J connectivity index is 1.72. The average Bonchev–Trinajstić information content (AvgIpc) is 3.14. The van der Waals surface area contributed by atoms with Crippen LogP contribution in [0, 0.1) is 6.92 Å². The van der Waals surface area contributed by atoms with E-state index in [1.807, 2.05) is 91.9 Å². The number of fused-ring (bicyclic) bond motifs is 1. The van der Waals surface area contributed by atoms with Crippen LogP contribution in [0.5, 0.6) is 0 Å². The third kappa shape index (κ3) is 3.84. The van der Waals surface area contributed by atoms with Crippen molar-refractivity contribution in [3.05, 3.63) is 95.5 Å². The first kappa shape index (κ1) is 19.9. The van der Waals surface area contributed by atoms with Gasteiger partial charge in [0.15, 0.2) is 17.2 Å². The molecule has 0 saturated carbocycles. The molecule has 156 valence electrons. The van der Waals surface area contributed by atoms with Gasteiger partial charge in [0.05, 0.1) is 17.1 Å². The van der Waals surface area contributed by atoms with Gasteiger partial charge in [-0.05, 0) is 37.3 Å². The van der Waals surface area contributed by atoms with E-state index >= 15 is 0 Å². The Bertz CT molecular complexity index is 1420. The van der Waals surface area contributed by atoms with Crippen molar-refractivity contribution in [2.24, 2.45) is 10.2 Å². The maximum atomic E-state index is 6.25. The lowest BCUT2D eigenvalue weighted by atomic mass is 10.1. The number of rotatable bonds is 4. The van der Waals surface area contributed by atoms with Crippen LogP contribution in [0.4, 0.5) is 17.2 Å². The van der Waals surface area contributed by atoms with Crippen LogP contribution in [0.1, 0.15) is 5.56 Å². The second-order valence-corrected chi connectivity index (χ2v) is 7.84. The minimum absolute atomic E-state index is 0.258. The molecule has 7 heteroatoms. The number of hydrogen-bond acceptors (Lipinski definition) is 5. The minimum atomic E-state index is 0.258. The van der Waals surface area contributed by atoms with Gasteiger partial charge < -0.3 is 5.73 Å². The fraction of sp³-hybridized carbons (Fsp3) is 0.0400. The Kier molecular flexibility index (Phi) is 5.13. The molecule has 0 fully saturated rings. The molecule has 0 aliphatic carbocycles. The van der Waals surface area contributed by atoms with Crippen LogP contribution in [-0.2, 0) is 0 Å². The molecule has 2 N–H and O–H groups in total. The zero-order valence-electron chi connectivity index (χ0n) is 17.3. The quantitative estimate of drug-likeness (QED) is 0.306. The van der Waals surface area contributed by atoms with Crippen LogP contribution in [-0.4, -0.2) is 14.6 Å². The maximum Gasteiger partial charge on any atom is 0.186 e. The summed E-state index contributed by atoms with van der Waals surface area (Å²) >= 11 is 6.10. The fourth-order valence-electron chi connectivity index (χ4n) is 3.42. The number of nitrogens with two attached hydrogens (primary N) is 1. The van der Waals surface area contributed by atoms with Crippen molar-refractivity contribution >= 4 is 34.4 Å². The Morgan fingerprint density at radius 2 is 1.56 bits per heavy atom. The van der Waals surface area contributed by atoms with E-state index in [-0.39, 0.29) is 5.82 Å². The summed E-state index contributed by atoms with van der Waals surface area (Å²) in [5.41, 5.74) is 12.6. The van der Waals surface area contributed by atoms with Crippen LogP contribution in [0.3, 0.4) is 0 Å². The summed E-state index contributed by atoms with van der Waals surface area (Å²) in [7, 11) is 0. The normalized spacial score (nSPS) is 11.4. The van der Waals surface area contributed by atoms with Crippen LogP contribution >= 0.6 is 11.6 Å². The topological polar surface area (TPSA) is 80.9 Å². The predicted molar refractivity (Wildman–Crippen MR) is 129 cm³/mol. The van der Waals surface area contributed by atoms with Crippen molar-refractivity contribution in [1.82, 2.24) is 14.6 Å². The molecule has 32 heavy (non-hydrogen) atoms. The molecule has 2 heterocycles. The molecule has 0 amide bonds. The summed E-state index contributed by atoms with van der Waals surface area (Å²) < 4.78 is 1.70. The van der Waals surface area contributed by atoms with Gasteiger partial charge in [0.25, 0.3) is 0 Å². The number of halogens is 1. The van der Waals surface area contributed by atoms with Crippen molar-refractivity contribution in [3.63, 3.8) is 0 Å². The van der Waals surface area contributed by atoms with Crippen molar-refractivity contribution in [2.45, 2.75) is 6.92 Å². The molecule has 5 rings (SSSR count). The zero-order chi connectivity index (χ0) is 22.1. The highest BCUT2D eigenvalue weighted by Crippen LogP contribution is 2.34. The number of aryl methyl sites for hydroxylation is 1. The van der Waals surface area contributed by atoms with E-state index in [0.29, 0.717) is 16.4 Å². The molecule has 3 aromatic carbocycles. The monoisotopic (exact) mass is 438 g/mol. The molecule has 2 aromatic heterocycles. The van der Waals surface area contributed by atoms with E-state index in [9.17, 15) is 0 Å². The van der Waals surface area contributed by atoms with Gasteiger partial charge in [-0.3, -0.25) is 0 Å². The average molecular weight is 439 g/mol. The van der Waals surface area contributed by atoms with Gasteiger partial charge in [0.1, 0.15) is 0 Å². The number of nitrogen functional groups attached to an aromatic ring is 1. The van der Waals surface area contributed by atoms with Crippen LogP contribution in [0.2, 0.25) is 5.02 Å². The van der Waals surface area contributed by atoms with Gasteiger partial charge in [0, 0.05) is 16.1 Å². The lowest BCUT2D eigenvalue weighted by Crippen LogP contribution is -1.98. The number of benzene rings is 3. The Morgan fingerprint density at radius 3 is 2.28 bits per heavy atom. The molecule has 6 nitrogen and oxygen atoms in total. The molecule has 0 radical (unpaired) electrons. The lowest BCUT2D eigenvalue weighted by molar-refractivity contribution is 0.955. The Hall–Kier alpha value is -4.03. The van der Waals surface area contributed by atoms with Gasteiger partial charge >= 0.3 is 0 Å². The predicted octanol–water partition coefficient (Wildman–Crippen LogP) is 7.02. The van der Waals surface area contributed by atoms with E-state index in [4.69, 9.17) is 22.3 Å². The lowest BCUT2D eigenvalue weighted by Gasteiger charge is -2.09. The number of anilines is 1. The highest BCUT2D eigenvalue weighted by molar-refractivity contribution is 6.30. The standard InChI is InChI=1S/C25H19ClN6/c1-16-7-13-20(14-8-16)29-30-23-24(27)31-32-22(18-9-11-19(26)12-10-18)15-21(28-25(23)32)17-5-3-2-4-6-17/h2-15H,1H3,(H2,27,31). The van der Waals surface area contributed by atoms with Crippen LogP contribution < -0.4 is 5.73 Å². The second-order valence-electron chi connectivity index (χ2n) is 7.40. The summed E-state index contributed by atoms with van der Waals surface area (Å²) in [6.07, 6.45) is 0. The van der Waals surface area contributed by atoms with Crippen molar-refractivity contribution in [2.75, 3.05) is 5.73 Å². The largest absolute Gasteiger partial charge is 0.380 e. The smallest absolute Gasteiger partial charge is 0.186 e. The third-order valence-corrected chi connectivity index (χ3v) is 5.35. The Labute approximate surface area is 190 Å². The number of azo groups is 1. The first-order valence-corrected chi connectivity index (χ1v) is 10.5. The molecule has 0 bridgehead atoms. The third-order valence-electron chi connectivity index (χ3n) is 5.10. The van der Waals surface area contributed by atoms with Crippen molar-refractivity contribution < 1.29 is 0 Å². The summed E-state index contributed by atoms with van der Waals surface area (Å²) in [5, 5.41) is 13.9. The molecular weight excluding hydrogens is 420 g/mol. The summed E-state index contributed by atoms with van der Waals surface area (Å²) in [4.78, 5) is 4.84. The van der Waals surface area contributed by atoms with E-state index in [1.165, 1.54) is 0 Å². The molecule has 0 aliphatic heterocycles. The van der Waals surface area contributed by atoms with Crippen LogP contribution in [0.15, 0.2) is 95.2 Å². The molecular formula is C25H19ClN6. The highest BCUT2D eigenvalue weighted by Gasteiger charge is 2.17. The minimum Gasteiger partial charge on any atom is -0.380 e. The highest BCUT2D eigenvalue weighted by atomic mass is 35.5.